The SMILES string of the molecule is Cc1cc([C@@H](C)N)ccc1OCC(=O)N(C)C. The van der Waals surface area contributed by atoms with E-state index in [1.807, 2.05) is 32.0 Å². The number of likely N-dealkylation sites (N-methyl/N-ethyl adjacent to an activating group) is 1. The molecule has 94 valence electrons. The van der Waals surface area contributed by atoms with Gasteiger partial charge in [-0.3, -0.25) is 4.79 Å². The molecule has 0 spiro atoms. The molecule has 4 nitrogen and oxygen atoms in total. The Morgan fingerprint density at radius 1 is 1.47 bits per heavy atom. The Kier molecular flexibility index (Phi) is 4.52. The lowest BCUT2D eigenvalue weighted by Gasteiger charge is -2.14. The Bertz CT molecular complexity index is 400. The van der Waals surface area contributed by atoms with E-state index in [0.717, 1.165) is 16.9 Å². The second-order valence-electron chi connectivity index (χ2n) is 4.39. The van der Waals surface area contributed by atoms with Gasteiger partial charge in [0.15, 0.2) is 6.61 Å². The number of ether oxygens (including phenoxy) is 1. The largest absolute Gasteiger partial charge is 0.484 e. The molecule has 1 aromatic rings. The van der Waals surface area contributed by atoms with E-state index in [1.54, 1.807) is 14.1 Å². The van der Waals surface area contributed by atoms with Crippen LogP contribution in [0.15, 0.2) is 18.2 Å². The molecule has 2 N–H and O–H groups in total. The van der Waals surface area contributed by atoms with Gasteiger partial charge in [0.1, 0.15) is 5.75 Å². The van der Waals surface area contributed by atoms with E-state index in [1.165, 1.54) is 4.90 Å². The molecule has 1 amide bonds. The minimum atomic E-state index is -0.0549. The highest BCUT2D eigenvalue weighted by Gasteiger charge is 2.08. The Morgan fingerprint density at radius 3 is 2.59 bits per heavy atom. The lowest BCUT2D eigenvalue weighted by atomic mass is 10.1. The summed E-state index contributed by atoms with van der Waals surface area (Å²) in [5.74, 6) is 0.672. The summed E-state index contributed by atoms with van der Waals surface area (Å²) in [5, 5.41) is 0. The second-order valence-corrected chi connectivity index (χ2v) is 4.39. The van der Waals surface area contributed by atoms with Crippen LogP contribution in [-0.2, 0) is 4.79 Å². The van der Waals surface area contributed by atoms with Crippen LogP contribution >= 0.6 is 0 Å². The maximum absolute atomic E-state index is 11.4. The van der Waals surface area contributed by atoms with Crippen LogP contribution in [0.4, 0.5) is 0 Å². The minimum Gasteiger partial charge on any atom is -0.484 e. The third-order valence-corrected chi connectivity index (χ3v) is 2.57. The molecular formula is C13H20N2O2. The van der Waals surface area contributed by atoms with E-state index in [9.17, 15) is 4.79 Å². The van der Waals surface area contributed by atoms with Crippen molar-refractivity contribution in [1.82, 2.24) is 4.90 Å². The fourth-order valence-corrected chi connectivity index (χ4v) is 1.39. The van der Waals surface area contributed by atoms with Gasteiger partial charge in [0, 0.05) is 20.1 Å². The normalized spacial score (nSPS) is 12.1. The van der Waals surface area contributed by atoms with E-state index in [0.29, 0.717) is 0 Å². The molecule has 0 aromatic heterocycles. The van der Waals surface area contributed by atoms with Crippen molar-refractivity contribution >= 4 is 5.91 Å². The number of nitrogens with two attached hydrogens (primary N) is 1. The van der Waals surface area contributed by atoms with Crippen molar-refractivity contribution in [3.05, 3.63) is 29.3 Å². The number of hydrogen-bond acceptors (Lipinski definition) is 3. The lowest BCUT2D eigenvalue weighted by Crippen LogP contribution is -2.27. The van der Waals surface area contributed by atoms with Crippen molar-refractivity contribution in [1.29, 1.82) is 0 Å². The fourth-order valence-electron chi connectivity index (χ4n) is 1.39. The van der Waals surface area contributed by atoms with Crippen LogP contribution in [0.25, 0.3) is 0 Å². The topological polar surface area (TPSA) is 55.6 Å². The maximum Gasteiger partial charge on any atom is 0.259 e. The molecule has 1 aromatic carbocycles. The highest BCUT2D eigenvalue weighted by molar-refractivity contribution is 5.77. The third kappa shape index (κ3) is 3.75. The molecule has 4 heteroatoms. The van der Waals surface area contributed by atoms with Crippen molar-refractivity contribution in [3.63, 3.8) is 0 Å². The van der Waals surface area contributed by atoms with E-state index >= 15 is 0 Å². The molecule has 0 aliphatic heterocycles. The smallest absolute Gasteiger partial charge is 0.259 e. The summed E-state index contributed by atoms with van der Waals surface area (Å²) < 4.78 is 5.46. The predicted octanol–water partition coefficient (Wildman–Crippen LogP) is 1.48. The van der Waals surface area contributed by atoms with Crippen LogP contribution in [0.2, 0.25) is 0 Å². The van der Waals surface area contributed by atoms with Gasteiger partial charge in [-0.05, 0) is 31.0 Å². The number of hydrogen-bond donors (Lipinski definition) is 1. The van der Waals surface area contributed by atoms with Gasteiger partial charge in [-0.15, -0.1) is 0 Å². The first kappa shape index (κ1) is 13.5. The molecule has 0 saturated heterocycles. The van der Waals surface area contributed by atoms with E-state index < -0.39 is 0 Å². The van der Waals surface area contributed by atoms with Gasteiger partial charge in [-0.25, -0.2) is 0 Å². The van der Waals surface area contributed by atoms with Crippen LogP contribution in [0, 0.1) is 6.92 Å². The molecule has 0 heterocycles. The lowest BCUT2D eigenvalue weighted by molar-refractivity contribution is -0.130. The predicted molar refractivity (Wildman–Crippen MR) is 68.0 cm³/mol. The van der Waals surface area contributed by atoms with E-state index in [4.69, 9.17) is 10.5 Å². The zero-order chi connectivity index (χ0) is 13.0. The monoisotopic (exact) mass is 236 g/mol. The van der Waals surface area contributed by atoms with Crippen LogP contribution in [0.1, 0.15) is 24.1 Å². The average Bonchev–Trinajstić information content (AvgIpc) is 2.26. The van der Waals surface area contributed by atoms with Gasteiger partial charge >= 0.3 is 0 Å². The van der Waals surface area contributed by atoms with E-state index in [2.05, 4.69) is 0 Å². The Morgan fingerprint density at radius 2 is 2.12 bits per heavy atom. The Balaban J connectivity index is 2.70. The summed E-state index contributed by atoms with van der Waals surface area (Å²) >= 11 is 0. The summed E-state index contributed by atoms with van der Waals surface area (Å²) in [5.41, 5.74) is 7.85. The molecule has 17 heavy (non-hydrogen) atoms. The first-order valence-corrected chi connectivity index (χ1v) is 5.61. The molecule has 0 saturated carbocycles. The quantitative estimate of drug-likeness (QED) is 0.861. The van der Waals surface area contributed by atoms with E-state index in [-0.39, 0.29) is 18.6 Å². The van der Waals surface area contributed by atoms with Crippen molar-refractivity contribution < 1.29 is 9.53 Å². The van der Waals surface area contributed by atoms with Gasteiger partial charge in [0.05, 0.1) is 0 Å². The minimum absolute atomic E-state index is 0.00570. The summed E-state index contributed by atoms with van der Waals surface area (Å²) in [6.45, 7) is 3.94. The molecule has 0 aliphatic rings. The Labute approximate surface area is 102 Å². The standard InChI is InChI=1S/C13H20N2O2/c1-9-7-11(10(2)14)5-6-12(9)17-8-13(16)15(3)4/h5-7,10H,8,14H2,1-4H3/t10-/m1/s1. The molecule has 1 rings (SSSR count). The zero-order valence-electron chi connectivity index (χ0n) is 10.9. The van der Waals surface area contributed by atoms with Crippen molar-refractivity contribution in [2.45, 2.75) is 19.9 Å². The summed E-state index contributed by atoms with van der Waals surface area (Å²) in [4.78, 5) is 12.9. The average molecular weight is 236 g/mol. The second kappa shape index (κ2) is 5.68. The Hall–Kier alpha value is -1.55. The summed E-state index contributed by atoms with van der Waals surface area (Å²) in [6.07, 6.45) is 0. The number of rotatable bonds is 4. The van der Waals surface area contributed by atoms with Crippen LogP contribution in [0.5, 0.6) is 5.75 Å². The first-order chi connectivity index (χ1) is 7.91. The van der Waals surface area contributed by atoms with Crippen molar-refractivity contribution in [2.75, 3.05) is 20.7 Å². The van der Waals surface area contributed by atoms with Crippen LogP contribution in [0.3, 0.4) is 0 Å². The van der Waals surface area contributed by atoms with Gasteiger partial charge in [0.2, 0.25) is 0 Å². The van der Waals surface area contributed by atoms with Crippen LogP contribution < -0.4 is 10.5 Å². The zero-order valence-corrected chi connectivity index (χ0v) is 10.9. The summed E-state index contributed by atoms with van der Waals surface area (Å²) in [7, 11) is 3.41. The third-order valence-electron chi connectivity index (χ3n) is 2.57. The van der Waals surface area contributed by atoms with Crippen LogP contribution in [-0.4, -0.2) is 31.5 Å². The number of aryl methyl sites for hydroxylation is 1. The highest BCUT2D eigenvalue weighted by atomic mass is 16.5. The first-order valence-electron chi connectivity index (χ1n) is 5.61. The molecule has 1 atom stereocenters. The number of carbonyl (C=O) groups is 1. The van der Waals surface area contributed by atoms with Gasteiger partial charge in [-0.2, -0.15) is 0 Å². The molecule has 0 radical (unpaired) electrons. The maximum atomic E-state index is 11.4. The molecule has 0 aliphatic carbocycles. The van der Waals surface area contributed by atoms with Crippen molar-refractivity contribution in [3.8, 4) is 5.75 Å². The summed E-state index contributed by atoms with van der Waals surface area (Å²) in [6, 6.07) is 5.77. The number of nitrogens with zero attached hydrogens (tertiary/aromatic N) is 1. The number of amides is 1. The molecular weight excluding hydrogens is 216 g/mol. The van der Waals surface area contributed by atoms with Crippen molar-refractivity contribution in [2.24, 2.45) is 5.73 Å². The highest BCUT2D eigenvalue weighted by Crippen LogP contribution is 2.21. The van der Waals surface area contributed by atoms with Gasteiger partial charge < -0.3 is 15.4 Å². The fraction of sp³-hybridized carbons (Fsp3) is 0.462. The molecule has 0 bridgehead atoms. The molecule has 0 fully saturated rings. The van der Waals surface area contributed by atoms with Gasteiger partial charge in [-0.1, -0.05) is 12.1 Å². The molecule has 0 unspecified atom stereocenters. The number of carbonyl (C=O) groups excluding carboxylic acids is 1. The van der Waals surface area contributed by atoms with Gasteiger partial charge in [0.25, 0.3) is 5.91 Å². The number of benzene rings is 1.